The van der Waals surface area contributed by atoms with Crippen molar-refractivity contribution in [1.29, 1.82) is 0 Å². The van der Waals surface area contributed by atoms with Gasteiger partial charge in [0.25, 0.3) is 0 Å². The Morgan fingerprint density at radius 3 is 3.05 bits per heavy atom. The third-order valence-corrected chi connectivity index (χ3v) is 4.04. The lowest BCUT2D eigenvalue weighted by Gasteiger charge is -2.29. The average molecular weight is 291 g/mol. The molecule has 6 heteroatoms. The highest BCUT2D eigenvalue weighted by atomic mass is 19.1. The van der Waals surface area contributed by atoms with Gasteiger partial charge < -0.3 is 15.5 Å². The van der Waals surface area contributed by atoms with E-state index in [2.05, 4.69) is 10.3 Å². The van der Waals surface area contributed by atoms with Gasteiger partial charge in [0.2, 0.25) is 11.8 Å². The first-order chi connectivity index (χ1) is 10.1. The van der Waals surface area contributed by atoms with Gasteiger partial charge in [-0.25, -0.2) is 9.37 Å². The largest absolute Gasteiger partial charge is 0.439 e. The molecule has 1 heterocycles. The number of halogens is 1. The van der Waals surface area contributed by atoms with E-state index in [1.165, 1.54) is 12.1 Å². The molecule has 0 unspecified atom stereocenters. The number of amides is 1. The zero-order chi connectivity index (χ0) is 14.8. The molecule has 0 aliphatic heterocycles. The van der Waals surface area contributed by atoms with Crippen LogP contribution in [0.3, 0.4) is 0 Å². The van der Waals surface area contributed by atoms with Crippen molar-refractivity contribution >= 4 is 17.0 Å². The van der Waals surface area contributed by atoms with Crippen LogP contribution in [0.15, 0.2) is 22.6 Å². The maximum absolute atomic E-state index is 13.1. The van der Waals surface area contributed by atoms with Crippen molar-refractivity contribution < 1.29 is 13.6 Å². The molecule has 3 rings (SSSR count). The highest BCUT2D eigenvalue weighted by Gasteiger charge is 2.29. The van der Waals surface area contributed by atoms with Gasteiger partial charge in [-0.1, -0.05) is 12.8 Å². The van der Waals surface area contributed by atoms with Crippen LogP contribution in [0.25, 0.3) is 11.1 Å². The van der Waals surface area contributed by atoms with Gasteiger partial charge in [0.1, 0.15) is 11.3 Å². The van der Waals surface area contributed by atoms with Gasteiger partial charge in [0.15, 0.2) is 5.58 Å². The van der Waals surface area contributed by atoms with E-state index < -0.39 is 0 Å². The second-order valence-electron chi connectivity index (χ2n) is 5.50. The normalized spacial score (nSPS) is 22.5. The summed E-state index contributed by atoms with van der Waals surface area (Å²) in [6, 6.07) is 4.31. The first-order valence-corrected chi connectivity index (χ1v) is 7.21. The molecule has 3 N–H and O–H groups in total. The molecule has 1 aromatic heterocycles. The summed E-state index contributed by atoms with van der Waals surface area (Å²) in [5, 5.41) is 3.29. The lowest BCUT2D eigenvalue weighted by atomic mass is 9.84. The van der Waals surface area contributed by atoms with Crippen molar-refractivity contribution in [1.82, 2.24) is 10.3 Å². The Bertz CT molecular complexity index is 655. The monoisotopic (exact) mass is 291 g/mol. The zero-order valence-corrected chi connectivity index (χ0v) is 11.6. The van der Waals surface area contributed by atoms with Crippen molar-refractivity contribution in [2.24, 2.45) is 11.7 Å². The number of carbonyl (C=O) groups excluding carboxylic acids is 1. The molecule has 0 bridgehead atoms. The molecular formula is C15H18FN3O2. The van der Waals surface area contributed by atoms with Crippen molar-refractivity contribution in [3.05, 3.63) is 29.9 Å². The summed E-state index contributed by atoms with van der Waals surface area (Å²) in [5.74, 6) is -0.242. The van der Waals surface area contributed by atoms with Gasteiger partial charge in [-0.2, -0.15) is 0 Å². The van der Waals surface area contributed by atoms with E-state index in [9.17, 15) is 9.18 Å². The molecular weight excluding hydrogens is 273 g/mol. The molecule has 1 aliphatic rings. The zero-order valence-electron chi connectivity index (χ0n) is 11.6. The molecule has 1 saturated carbocycles. The Kier molecular flexibility index (Phi) is 3.88. The fourth-order valence-electron chi connectivity index (χ4n) is 2.96. The number of primary amides is 1. The maximum Gasteiger partial charge on any atom is 0.222 e. The molecule has 2 atom stereocenters. The third kappa shape index (κ3) is 3.05. The van der Waals surface area contributed by atoms with Crippen LogP contribution in [0, 0.1) is 11.7 Å². The molecule has 21 heavy (non-hydrogen) atoms. The molecule has 5 nitrogen and oxygen atoms in total. The minimum absolute atomic E-state index is 0.0583. The Morgan fingerprint density at radius 1 is 1.43 bits per heavy atom. The number of fused-ring (bicyclic) bond motifs is 1. The van der Waals surface area contributed by atoms with Crippen LogP contribution < -0.4 is 11.1 Å². The van der Waals surface area contributed by atoms with Crippen LogP contribution >= 0.6 is 0 Å². The van der Waals surface area contributed by atoms with Gasteiger partial charge in [0, 0.05) is 12.1 Å². The SMILES string of the molecule is NC(=O)[C@H]1CCCC[C@H]1NCc1nc2cc(F)ccc2o1. The van der Waals surface area contributed by atoms with Crippen molar-refractivity contribution in [2.75, 3.05) is 0 Å². The van der Waals surface area contributed by atoms with E-state index >= 15 is 0 Å². The van der Waals surface area contributed by atoms with Crippen LogP contribution in [-0.4, -0.2) is 16.9 Å². The van der Waals surface area contributed by atoms with E-state index in [0.29, 0.717) is 23.5 Å². The van der Waals surface area contributed by atoms with E-state index in [0.717, 1.165) is 25.7 Å². The quantitative estimate of drug-likeness (QED) is 0.904. The topological polar surface area (TPSA) is 81.2 Å². The summed E-state index contributed by atoms with van der Waals surface area (Å²) in [4.78, 5) is 15.7. The molecule has 1 amide bonds. The maximum atomic E-state index is 13.1. The Morgan fingerprint density at radius 2 is 2.24 bits per heavy atom. The molecule has 112 valence electrons. The van der Waals surface area contributed by atoms with Crippen LogP contribution in [0.1, 0.15) is 31.6 Å². The minimum atomic E-state index is -0.337. The number of rotatable bonds is 4. The van der Waals surface area contributed by atoms with Crippen LogP contribution in [0.2, 0.25) is 0 Å². The Balaban J connectivity index is 1.69. The number of nitrogens with one attached hydrogen (secondary N) is 1. The predicted molar refractivity (Wildman–Crippen MR) is 75.7 cm³/mol. The third-order valence-electron chi connectivity index (χ3n) is 4.04. The summed E-state index contributed by atoms with van der Waals surface area (Å²) >= 11 is 0. The molecule has 1 aliphatic carbocycles. The summed E-state index contributed by atoms with van der Waals surface area (Å²) < 4.78 is 18.7. The lowest BCUT2D eigenvalue weighted by molar-refractivity contribution is -0.123. The van der Waals surface area contributed by atoms with Crippen molar-refractivity contribution in [3.63, 3.8) is 0 Å². The van der Waals surface area contributed by atoms with Gasteiger partial charge in [-0.15, -0.1) is 0 Å². The molecule has 1 aromatic carbocycles. The van der Waals surface area contributed by atoms with Crippen molar-refractivity contribution in [3.8, 4) is 0 Å². The smallest absolute Gasteiger partial charge is 0.222 e. The van der Waals surface area contributed by atoms with Crippen LogP contribution in [0.4, 0.5) is 4.39 Å². The number of nitrogens with zero attached hydrogens (tertiary/aromatic N) is 1. The average Bonchev–Trinajstić information content (AvgIpc) is 2.87. The highest BCUT2D eigenvalue weighted by Crippen LogP contribution is 2.25. The fourth-order valence-corrected chi connectivity index (χ4v) is 2.96. The lowest BCUT2D eigenvalue weighted by Crippen LogP contribution is -2.44. The molecule has 1 fully saturated rings. The minimum Gasteiger partial charge on any atom is -0.439 e. The highest BCUT2D eigenvalue weighted by molar-refractivity contribution is 5.77. The van der Waals surface area contributed by atoms with E-state index in [1.807, 2.05) is 0 Å². The number of aromatic nitrogens is 1. The first kappa shape index (κ1) is 14.0. The Labute approximate surface area is 121 Å². The van der Waals surface area contributed by atoms with Crippen molar-refractivity contribution in [2.45, 2.75) is 38.3 Å². The van der Waals surface area contributed by atoms with Gasteiger partial charge in [-0.05, 0) is 25.0 Å². The molecule has 0 spiro atoms. The van der Waals surface area contributed by atoms with Crippen LogP contribution in [-0.2, 0) is 11.3 Å². The number of hydrogen-bond donors (Lipinski definition) is 2. The standard InChI is InChI=1S/C15H18FN3O2/c16-9-5-6-13-12(7-9)19-14(21-13)8-18-11-4-2-1-3-10(11)15(17)20/h5-7,10-11,18H,1-4,8H2,(H2,17,20)/t10-,11+/m0/s1. The molecule has 2 aromatic rings. The summed E-state index contributed by atoms with van der Waals surface area (Å²) in [5.41, 5.74) is 6.51. The van der Waals surface area contributed by atoms with E-state index in [4.69, 9.17) is 10.2 Å². The number of oxazole rings is 1. The number of benzene rings is 1. The predicted octanol–water partition coefficient (Wildman–Crippen LogP) is 2.10. The summed E-state index contributed by atoms with van der Waals surface area (Å²) in [6.45, 7) is 0.407. The number of hydrogen-bond acceptors (Lipinski definition) is 4. The van der Waals surface area contributed by atoms with Gasteiger partial charge in [0.05, 0.1) is 12.5 Å². The van der Waals surface area contributed by atoms with Crippen LogP contribution in [0.5, 0.6) is 0 Å². The second kappa shape index (κ2) is 5.81. The number of nitrogens with two attached hydrogens (primary N) is 1. The first-order valence-electron chi connectivity index (χ1n) is 7.21. The van der Waals surface area contributed by atoms with Gasteiger partial charge >= 0.3 is 0 Å². The summed E-state index contributed by atoms with van der Waals surface area (Å²) in [6.07, 6.45) is 3.86. The fraction of sp³-hybridized carbons (Fsp3) is 0.467. The summed E-state index contributed by atoms with van der Waals surface area (Å²) in [7, 11) is 0. The molecule has 0 radical (unpaired) electrons. The Hall–Kier alpha value is -1.95. The second-order valence-corrected chi connectivity index (χ2v) is 5.50. The molecule has 0 saturated heterocycles. The van der Waals surface area contributed by atoms with E-state index in [1.54, 1.807) is 6.07 Å². The van der Waals surface area contributed by atoms with E-state index in [-0.39, 0.29) is 23.7 Å². The van der Waals surface area contributed by atoms with Gasteiger partial charge in [-0.3, -0.25) is 4.79 Å². The number of carbonyl (C=O) groups is 1.